The van der Waals surface area contributed by atoms with E-state index in [4.69, 9.17) is 0 Å². The molecule has 1 atom stereocenters. The van der Waals surface area contributed by atoms with Crippen molar-refractivity contribution >= 4 is 15.9 Å². The second kappa shape index (κ2) is 11.6. The Morgan fingerprint density at radius 1 is 1.00 bits per heavy atom. The summed E-state index contributed by atoms with van der Waals surface area (Å²) < 4.78 is 30.0. The maximum atomic E-state index is 12.9. The minimum atomic E-state index is -3.57. The van der Waals surface area contributed by atoms with Gasteiger partial charge in [-0.05, 0) is 61.1 Å². The minimum absolute atomic E-state index is 0.408. The van der Waals surface area contributed by atoms with Crippen LogP contribution in [0.2, 0.25) is 0 Å². The number of aliphatic hydroxyl groups excluding tert-OH is 1. The lowest BCUT2D eigenvalue weighted by molar-refractivity contribution is 0.174. The van der Waals surface area contributed by atoms with Crippen molar-refractivity contribution in [2.45, 2.75) is 31.3 Å². The van der Waals surface area contributed by atoms with Crippen LogP contribution in [-0.4, -0.2) is 49.0 Å². The van der Waals surface area contributed by atoms with Gasteiger partial charge in [0.1, 0.15) is 0 Å². The lowest BCUT2D eigenvalue weighted by atomic mass is 9.90. The fourth-order valence-electron chi connectivity index (χ4n) is 4.27. The van der Waals surface area contributed by atoms with Crippen molar-refractivity contribution in [3.63, 3.8) is 0 Å². The Balaban J connectivity index is 1.21. The Hall–Kier alpha value is -2.78. The second-order valence-corrected chi connectivity index (χ2v) is 10.3. The van der Waals surface area contributed by atoms with Crippen LogP contribution >= 0.6 is 0 Å². The normalized spacial score (nSPS) is 16.3. The molecule has 3 N–H and O–H groups in total. The van der Waals surface area contributed by atoms with E-state index in [1.54, 1.807) is 30.6 Å². The number of nitrogens with zero attached hydrogens (tertiary/aromatic N) is 2. The molecule has 0 amide bonds. The molecular formula is C26H32N4O3S. The van der Waals surface area contributed by atoms with Crippen LogP contribution in [0.4, 0.5) is 5.69 Å². The van der Waals surface area contributed by atoms with Gasteiger partial charge in [0.15, 0.2) is 0 Å². The predicted octanol–water partition coefficient (Wildman–Crippen LogP) is 3.48. The van der Waals surface area contributed by atoms with E-state index in [1.807, 2.05) is 36.4 Å². The molecule has 1 fully saturated rings. The van der Waals surface area contributed by atoms with Crippen molar-refractivity contribution < 1.29 is 13.5 Å². The summed E-state index contributed by atoms with van der Waals surface area (Å²) in [5.41, 5.74) is 3.73. The van der Waals surface area contributed by atoms with Gasteiger partial charge in [-0.15, -0.1) is 0 Å². The summed E-state index contributed by atoms with van der Waals surface area (Å²) in [5, 5.41) is 13.4. The molecule has 0 spiro atoms. The molecular weight excluding hydrogens is 448 g/mol. The summed E-state index contributed by atoms with van der Waals surface area (Å²) >= 11 is 0. The quantitative estimate of drug-likeness (QED) is 0.386. The summed E-state index contributed by atoms with van der Waals surface area (Å²) in [7, 11) is -3.57. The molecule has 0 aliphatic carbocycles. The Bertz CT molecular complexity index is 1120. The molecule has 0 radical (unpaired) electrons. The average molecular weight is 481 g/mol. The number of benzene rings is 2. The molecule has 1 aliphatic rings. The largest absolute Gasteiger partial charge is 0.387 e. The highest BCUT2D eigenvalue weighted by molar-refractivity contribution is 7.90. The smallest absolute Gasteiger partial charge is 0.301 e. The molecule has 0 unspecified atom stereocenters. The highest BCUT2D eigenvalue weighted by atomic mass is 32.2. The first kappa shape index (κ1) is 24.3. The number of aromatic nitrogens is 1. The standard InChI is InChI=1S/C26H32N4O3S/c31-26(24-7-4-15-27-19-24)20-28-16-12-21-8-10-25(11-9-21)29-34(32,33)30-17-13-23(14-18-30)22-5-2-1-3-6-22/h1-11,15,19,23,26,28-29,31H,12-14,16-18,20H2/t26-/m1/s1. The van der Waals surface area contributed by atoms with Crippen LogP contribution < -0.4 is 10.0 Å². The van der Waals surface area contributed by atoms with E-state index in [0.29, 0.717) is 37.8 Å². The van der Waals surface area contributed by atoms with E-state index in [-0.39, 0.29) is 0 Å². The minimum Gasteiger partial charge on any atom is -0.387 e. The highest BCUT2D eigenvalue weighted by Crippen LogP contribution is 2.29. The van der Waals surface area contributed by atoms with Gasteiger partial charge in [0.25, 0.3) is 0 Å². The Kier molecular flexibility index (Phi) is 8.29. The lowest BCUT2D eigenvalue weighted by Crippen LogP contribution is -2.41. The third kappa shape index (κ3) is 6.64. The van der Waals surface area contributed by atoms with Crippen LogP contribution in [0.1, 0.15) is 41.6 Å². The monoisotopic (exact) mass is 480 g/mol. The van der Waals surface area contributed by atoms with Crippen molar-refractivity contribution in [1.82, 2.24) is 14.6 Å². The van der Waals surface area contributed by atoms with Gasteiger partial charge in [0.2, 0.25) is 0 Å². The molecule has 0 bridgehead atoms. The molecule has 4 rings (SSSR count). The van der Waals surface area contributed by atoms with Crippen LogP contribution in [0.25, 0.3) is 0 Å². The molecule has 1 aromatic heterocycles. The first-order valence-corrected chi connectivity index (χ1v) is 13.2. The van der Waals surface area contributed by atoms with Gasteiger partial charge < -0.3 is 10.4 Å². The zero-order chi connectivity index (χ0) is 23.8. The molecule has 0 saturated carbocycles. The van der Waals surface area contributed by atoms with Gasteiger partial charge in [0, 0.05) is 43.3 Å². The van der Waals surface area contributed by atoms with Crippen LogP contribution in [0, 0.1) is 0 Å². The van der Waals surface area contributed by atoms with Crippen LogP contribution in [0.5, 0.6) is 0 Å². The molecule has 2 heterocycles. The Morgan fingerprint density at radius 2 is 1.74 bits per heavy atom. The van der Waals surface area contributed by atoms with Gasteiger partial charge in [0.05, 0.1) is 6.10 Å². The number of hydrogen-bond donors (Lipinski definition) is 3. The van der Waals surface area contributed by atoms with Crippen molar-refractivity contribution in [2.24, 2.45) is 0 Å². The van der Waals surface area contributed by atoms with E-state index < -0.39 is 16.3 Å². The summed E-state index contributed by atoms with van der Waals surface area (Å²) in [4.78, 5) is 4.02. The number of anilines is 1. The maximum Gasteiger partial charge on any atom is 0.301 e. The van der Waals surface area contributed by atoms with E-state index in [9.17, 15) is 13.5 Å². The van der Waals surface area contributed by atoms with E-state index in [1.165, 1.54) is 9.87 Å². The van der Waals surface area contributed by atoms with E-state index >= 15 is 0 Å². The number of nitrogens with one attached hydrogen (secondary N) is 2. The number of rotatable bonds is 10. The Morgan fingerprint density at radius 3 is 2.41 bits per heavy atom. The van der Waals surface area contributed by atoms with Gasteiger partial charge in [-0.3, -0.25) is 9.71 Å². The summed E-state index contributed by atoms with van der Waals surface area (Å²) in [6.07, 6.45) is 5.18. The zero-order valence-corrected chi connectivity index (χ0v) is 20.0. The van der Waals surface area contributed by atoms with Gasteiger partial charge in [-0.1, -0.05) is 48.5 Å². The van der Waals surface area contributed by atoms with Crippen molar-refractivity contribution in [2.75, 3.05) is 30.9 Å². The lowest BCUT2D eigenvalue weighted by Gasteiger charge is -2.31. The predicted molar refractivity (Wildman–Crippen MR) is 135 cm³/mol. The number of hydrogen-bond acceptors (Lipinski definition) is 5. The molecule has 180 valence electrons. The third-order valence-electron chi connectivity index (χ3n) is 6.26. The summed E-state index contributed by atoms with van der Waals surface area (Å²) in [5.74, 6) is 0.408. The van der Waals surface area contributed by atoms with Crippen LogP contribution in [0.3, 0.4) is 0 Å². The van der Waals surface area contributed by atoms with Crippen molar-refractivity contribution in [3.8, 4) is 0 Å². The van der Waals surface area contributed by atoms with Crippen LogP contribution in [-0.2, 0) is 16.6 Å². The summed E-state index contributed by atoms with van der Waals surface area (Å²) in [6.45, 7) is 2.19. The van der Waals surface area contributed by atoms with Crippen molar-refractivity contribution in [1.29, 1.82) is 0 Å². The molecule has 3 aromatic rings. The Labute approximate surface area is 202 Å². The molecule has 7 nitrogen and oxygen atoms in total. The molecule has 1 aliphatic heterocycles. The topological polar surface area (TPSA) is 94.6 Å². The first-order valence-electron chi connectivity index (χ1n) is 11.7. The molecule has 1 saturated heterocycles. The molecule has 2 aromatic carbocycles. The summed E-state index contributed by atoms with van der Waals surface area (Å²) in [6, 6.07) is 21.4. The van der Waals surface area contributed by atoms with E-state index in [2.05, 4.69) is 27.2 Å². The third-order valence-corrected chi connectivity index (χ3v) is 7.80. The van der Waals surface area contributed by atoms with Gasteiger partial charge in [-0.25, -0.2) is 0 Å². The SMILES string of the molecule is O=S(=O)(Nc1ccc(CCNC[C@@H](O)c2cccnc2)cc1)N1CCC(c2ccccc2)CC1. The van der Waals surface area contributed by atoms with E-state index in [0.717, 1.165) is 30.4 Å². The van der Waals surface area contributed by atoms with Gasteiger partial charge >= 0.3 is 10.2 Å². The average Bonchev–Trinajstić information content (AvgIpc) is 2.88. The second-order valence-electron chi connectivity index (χ2n) is 8.64. The van der Waals surface area contributed by atoms with Gasteiger partial charge in [-0.2, -0.15) is 12.7 Å². The fourth-order valence-corrected chi connectivity index (χ4v) is 5.52. The number of aliphatic hydroxyl groups is 1. The zero-order valence-electron chi connectivity index (χ0n) is 19.2. The number of pyridine rings is 1. The molecule has 34 heavy (non-hydrogen) atoms. The first-order chi connectivity index (χ1) is 16.5. The maximum absolute atomic E-state index is 12.9. The highest BCUT2D eigenvalue weighted by Gasteiger charge is 2.28. The number of piperidine rings is 1. The van der Waals surface area contributed by atoms with Crippen molar-refractivity contribution in [3.05, 3.63) is 95.8 Å². The van der Waals surface area contributed by atoms with Crippen LogP contribution in [0.15, 0.2) is 79.1 Å². The molecule has 8 heteroatoms. The fraction of sp³-hybridized carbons (Fsp3) is 0.346.